The van der Waals surface area contributed by atoms with E-state index in [2.05, 4.69) is 60.8 Å². The molecule has 0 fully saturated rings. The van der Waals surface area contributed by atoms with E-state index < -0.39 is 0 Å². The first kappa shape index (κ1) is 11.7. The average Bonchev–Trinajstić information content (AvgIpc) is 2.40. The first-order chi connectivity index (χ1) is 8.33. The van der Waals surface area contributed by atoms with Crippen LogP contribution in [0, 0.1) is 0 Å². The van der Waals surface area contributed by atoms with Gasteiger partial charge in [-0.3, -0.25) is 0 Å². The number of nitrogens with one attached hydrogen (secondary N) is 1. The molecule has 2 aromatic carbocycles. The summed E-state index contributed by atoms with van der Waals surface area (Å²) in [6, 6.07) is 16.6. The molecular formula is C15H18N2. The van der Waals surface area contributed by atoms with Gasteiger partial charge in [0, 0.05) is 17.9 Å². The average molecular weight is 226 g/mol. The third kappa shape index (κ3) is 2.86. The van der Waals surface area contributed by atoms with Crippen molar-refractivity contribution in [2.45, 2.75) is 19.9 Å². The number of rotatable bonds is 4. The van der Waals surface area contributed by atoms with E-state index >= 15 is 0 Å². The zero-order valence-corrected chi connectivity index (χ0v) is 10.1. The Labute approximate surface area is 102 Å². The van der Waals surface area contributed by atoms with Gasteiger partial charge in [-0.15, -0.1) is 0 Å². The fourth-order valence-corrected chi connectivity index (χ4v) is 1.83. The molecule has 3 N–H and O–H groups in total. The molecule has 0 aliphatic rings. The molecule has 0 aliphatic heterocycles. The molecule has 2 nitrogen and oxygen atoms in total. The highest BCUT2D eigenvalue weighted by molar-refractivity contribution is 5.63. The van der Waals surface area contributed by atoms with Gasteiger partial charge >= 0.3 is 0 Å². The second-order valence-electron chi connectivity index (χ2n) is 4.04. The Bertz CT molecular complexity index is 475. The first-order valence-electron chi connectivity index (χ1n) is 5.97. The minimum atomic E-state index is 0.589. The van der Waals surface area contributed by atoms with Crippen LogP contribution in [0.15, 0.2) is 48.5 Å². The zero-order valence-electron chi connectivity index (χ0n) is 10.1. The zero-order chi connectivity index (χ0) is 12.1. The van der Waals surface area contributed by atoms with E-state index in [4.69, 9.17) is 5.73 Å². The minimum Gasteiger partial charge on any atom is -0.355 e. The predicted octanol–water partition coefficient (Wildman–Crippen LogP) is 3.45. The van der Waals surface area contributed by atoms with Crippen LogP contribution in [0.3, 0.4) is 0 Å². The Hall–Kier alpha value is -1.80. The summed E-state index contributed by atoms with van der Waals surface area (Å²) in [5.74, 6) is 0. The van der Waals surface area contributed by atoms with Crippen molar-refractivity contribution in [1.82, 2.24) is 0 Å². The van der Waals surface area contributed by atoms with Gasteiger partial charge < -0.3 is 11.1 Å². The Kier molecular flexibility index (Phi) is 3.78. The minimum absolute atomic E-state index is 0.589. The van der Waals surface area contributed by atoms with Gasteiger partial charge in [-0.2, -0.15) is 0 Å². The van der Waals surface area contributed by atoms with Crippen LogP contribution in [-0.4, -0.2) is 0 Å². The summed E-state index contributed by atoms with van der Waals surface area (Å²) < 4.78 is 0. The number of hydrogen-bond donors (Lipinski definition) is 2. The van der Waals surface area contributed by atoms with Gasteiger partial charge in [0.05, 0.1) is 0 Å². The third-order valence-electron chi connectivity index (χ3n) is 2.87. The van der Waals surface area contributed by atoms with Gasteiger partial charge in [0.25, 0.3) is 0 Å². The molecule has 0 saturated carbocycles. The van der Waals surface area contributed by atoms with Crippen molar-refractivity contribution >= 4 is 11.4 Å². The number of para-hydroxylation sites is 1. The summed E-state index contributed by atoms with van der Waals surface area (Å²) in [6.45, 7) is 2.75. The maximum absolute atomic E-state index is 5.58. The van der Waals surface area contributed by atoms with E-state index in [0.717, 1.165) is 17.7 Å². The number of aryl methyl sites for hydroxylation is 1. The molecule has 0 bridgehead atoms. The molecule has 2 aromatic rings. The van der Waals surface area contributed by atoms with Gasteiger partial charge in [0.2, 0.25) is 0 Å². The summed E-state index contributed by atoms with van der Waals surface area (Å²) in [6.07, 6.45) is 1.03. The second-order valence-corrected chi connectivity index (χ2v) is 4.04. The van der Waals surface area contributed by atoms with Crippen LogP contribution in [0.2, 0.25) is 0 Å². The molecule has 0 heterocycles. The summed E-state index contributed by atoms with van der Waals surface area (Å²) in [7, 11) is 0. The van der Waals surface area contributed by atoms with Crippen LogP contribution >= 0.6 is 0 Å². The third-order valence-corrected chi connectivity index (χ3v) is 2.87. The van der Waals surface area contributed by atoms with E-state index in [9.17, 15) is 0 Å². The number of nitrogens with two attached hydrogens (primary N) is 1. The maximum atomic E-state index is 5.58. The quantitative estimate of drug-likeness (QED) is 0.838. The molecule has 2 rings (SSSR count). The Morgan fingerprint density at radius 2 is 1.71 bits per heavy atom. The van der Waals surface area contributed by atoms with E-state index in [1.807, 2.05) is 0 Å². The molecule has 0 radical (unpaired) electrons. The monoisotopic (exact) mass is 226 g/mol. The highest BCUT2D eigenvalue weighted by Gasteiger charge is 1.99. The summed E-state index contributed by atoms with van der Waals surface area (Å²) in [5.41, 5.74) is 10.3. The number of anilines is 2. The Balaban J connectivity index is 2.19. The topological polar surface area (TPSA) is 38.0 Å². The fourth-order valence-electron chi connectivity index (χ4n) is 1.83. The van der Waals surface area contributed by atoms with Gasteiger partial charge in [0.15, 0.2) is 0 Å². The standard InChI is InChI=1S/C15H18N2/c1-2-13-5-3-4-6-15(13)17-14-9-7-12(11-16)8-10-14/h3-10,17H,2,11,16H2,1H3. The largest absolute Gasteiger partial charge is 0.355 e. The molecule has 0 unspecified atom stereocenters. The van der Waals surface area contributed by atoms with Crippen LogP contribution in [0.25, 0.3) is 0 Å². The maximum Gasteiger partial charge on any atom is 0.0416 e. The van der Waals surface area contributed by atoms with Crippen molar-refractivity contribution in [3.05, 3.63) is 59.7 Å². The first-order valence-corrected chi connectivity index (χ1v) is 5.97. The highest BCUT2D eigenvalue weighted by Crippen LogP contribution is 2.21. The normalized spacial score (nSPS) is 10.2. The predicted molar refractivity (Wildman–Crippen MR) is 73.4 cm³/mol. The lowest BCUT2D eigenvalue weighted by molar-refractivity contribution is 1.07. The van der Waals surface area contributed by atoms with Crippen molar-refractivity contribution in [2.75, 3.05) is 5.32 Å². The smallest absolute Gasteiger partial charge is 0.0416 e. The lowest BCUT2D eigenvalue weighted by Crippen LogP contribution is -1.97. The van der Waals surface area contributed by atoms with E-state index in [0.29, 0.717) is 6.54 Å². The molecule has 0 atom stereocenters. The Morgan fingerprint density at radius 3 is 2.35 bits per heavy atom. The molecule has 2 heteroatoms. The number of benzene rings is 2. The van der Waals surface area contributed by atoms with Gasteiger partial charge in [0.1, 0.15) is 0 Å². The van der Waals surface area contributed by atoms with Crippen LogP contribution in [0.5, 0.6) is 0 Å². The highest BCUT2D eigenvalue weighted by atomic mass is 14.9. The lowest BCUT2D eigenvalue weighted by atomic mass is 10.1. The van der Waals surface area contributed by atoms with Crippen molar-refractivity contribution in [2.24, 2.45) is 5.73 Å². The lowest BCUT2D eigenvalue weighted by Gasteiger charge is -2.11. The van der Waals surface area contributed by atoms with Crippen molar-refractivity contribution in [3.8, 4) is 0 Å². The van der Waals surface area contributed by atoms with Gasteiger partial charge in [-0.1, -0.05) is 37.3 Å². The van der Waals surface area contributed by atoms with Crippen molar-refractivity contribution in [1.29, 1.82) is 0 Å². The molecule has 0 spiro atoms. The van der Waals surface area contributed by atoms with Gasteiger partial charge in [-0.25, -0.2) is 0 Å². The molecule has 88 valence electrons. The molecule has 0 saturated heterocycles. The summed E-state index contributed by atoms with van der Waals surface area (Å²) in [5, 5.41) is 3.43. The molecule has 17 heavy (non-hydrogen) atoms. The fraction of sp³-hybridized carbons (Fsp3) is 0.200. The molecular weight excluding hydrogens is 208 g/mol. The van der Waals surface area contributed by atoms with Crippen molar-refractivity contribution < 1.29 is 0 Å². The van der Waals surface area contributed by atoms with Crippen LogP contribution in [0.1, 0.15) is 18.1 Å². The Morgan fingerprint density at radius 1 is 1.00 bits per heavy atom. The summed E-state index contributed by atoms with van der Waals surface area (Å²) >= 11 is 0. The van der Waals surface area contributed by atoms with E-state index in [1.165, 1.54) is 11.3 Å². The van der Waals surface area contributed by atoms with Crippen LogP contribution in [0.4, 0.5) is 11.4 Å². The van der Waals surface area contributed by atoms with Gasteiger partial charge in [-0.05, 0) is 35.7 Å². The molecule has 0 amide bonds. The second kappa shape index (κ2) is 5.51. The molecule has 0 aliphatic carbocycles. The molecule has 0 aromatic heterocycles. The van der Waals surface area contributed by atoms with Crippen LogP contribution in [-0.2, 0) is 13.0 Å². The SMILES string of the molecule is CCc1ccccc1Nc1ccc(CN)cc1. The van der Waals surface area contributed by atoms with Crippen LogP contribution < -0.4 is 11.1 Å². The summed E-state index contributed by atoms with van der Waals surface area (Å²) in [4.78, 5) is 0. The van der Waals surface area contributed by atoms with Crippen molar-refractivity contribution in [3.63, 3.8) is 0 Å². The van der Waals surface area contributed by atoms with E-state index in [-0.39, 0.29) is 0 Å². The van der Waals surface area contributed by atoms with E-state index in [1.54, 1.807) is 0 Å². The number of hydrogen-bond acceptors (Lipinski definition) is 2.